The summed E-state index contributed by atoms with van der Waals surface area (Å²) in [4.78, 5) is 2.89. The average molecular weight is 236 g/mol. The minimum Gasteiger partial charge on any atom is -0.308 e. The maximum absolute atomic E-state index is 3.88. The summed E-state index contributed by atoms with van der Waals surface area (Å²) in [6, 6.07) is 0.737. The average Bonchev–Trinajstić information content (AvgIpc) is 2.72. The van der Waals surface area contributed by atoms with Crippen molar-refractivity contribution < 1.29 is 0 Å². The van der Waals surface area contributed by atoms with Crippen molar-refractivity contribution in [1.82, 2.24) is 10.2 Å². The second kappa shape index (κ2) is 4.24. The molecule has 98 valence electrons. The van der Waals surface area contributed by atoms with Gasteiger partial charge in [-0.2, -0.15) is 0 Å². The highest BCUT2D eigenvalue weighted by molar-refractivity contribution is 5.07. The fourth-order valence-corrected chi connectivity index (χ4v) is 4.46. The molecule has 3 rings (SSSR count). The molecule has 1 aliphatic heterocycles. The first-order valence-electron chi connectivity index (χ1n) is 7.72. The molecule has 17 heavy (non-hydrogen) atoms. The molecule has 1 spiro atoms. The number of hydrogen-bond acceptors (Lipinski definition) is 2. The van der Waals surface area contributed by atoms with Crippen LogP contribution in [0.5, 0.6) is 0 Å². The lowest BCUT2D eigenvalue weighted by Crippen LogP contribution is -2.69. The largest absolute Gasteiger partial charge is 0.308 e. The lowest BCUT2D eigenvalue weighted by Gasteiger charge is -2.58. The van der Waals surface area contributed by atoms with Gasteiger partial charge >= 0.3 is 0 Å². The Labute approximate surface area is 106 Å². The third kappa shape index (κ3) is 1.84. The molecule has 3 fully saturated rings. The highest BCUT2D eigenvalue weighted by Gasteiger charge is 2.49. The maximum Gasteiger partial charge on any atom is 0.0309 e. The molecule has 1 heterocycles. The van der Waals surface area contributed by atoms with E-state index in [-0.39, 0.29) is 0 Å². The SMILES string of the molecule is CCC1(N2CC3(CCCC3)NCC2C)CCC1. The van der Waals surface area contributed by atoms with Gasteiger partial charge in [-0.3, -0.25) is 4.90 Å². The molecule has 0 bridgehead atoms. The Morgan fingerprint density at radius 3 is 2.35 bits per heavy atom. The molecule has 1 atom stereocenters. The summed E-state index contributed by atoms with van der Waals surface area (Å²) < 4.78 is 0. The van der Waals surface area contributed by atoms with Crippen LogP contribution in [-0.2, 0) is 0 Å². The van der Waals surface area contributed by atoms with E-state index in [1.165, 1.54) is 64.5 Å². The van der Waals surface area contributed by atoms with Gasteiger partial charge in [0, 0.05) is 30.2 Å². The summed E-state index contributed by atoms with van der Waals surface area (Å²) >= 11 is 0. The molecule has 2 aliphatic carbocycles. The Balaban J connectivity index is 1.77. The zero-order chi connectivity index (χ0) is 11.9. The third-order valence-electron chi connectivity index (χ3n) is 5.89. The van der Waals surface area contributed by atoms with Crippen molar-refractivity contribution in [1.29, 1.82) is 0 Å². The molecule has 0 aromatic heterocycles. The first-order chi connectivity index (χ1) is 8.20. The quantitative estimate of drug-likeness (QED) is 0.793. The van der Waals surface area contributed by atoms with Gasteiger partial charge in [0.25, 0.3) is 0 Å². The summed E-state index contributed by atoms with van der Waals surface area (Å²) in [5, 5.41) is 3.88. The molecule has 1 N–H and O–H groups in total. The van der Waals surface area contributed by atoms with Gasteiger partial charge in [-0.05, 0) is 45.4 Å². The fraction of sp³-hybridized carbons (Fsp3) is 1.00. The van der Waals surface area contributed by atoms with E-state index in [1.807, 2.05) is 0 Å². The van der Waals surface area contributed by atoms with Crippen LogP contribution in [0.3, 0.4) is 0 Å². The van der Waals surface area contributed by atoms with E-state index >= 15 is 0 Å². The summed E-state index contributed by atoms with van der Waals surface area (Å²) in [7, 11) is 0. The Morgan fingerprint density at radius 2 is 1.82 bits per heavy atom. The van der Waals surface area contributed by atoms with Crippen molar-refractivity contribution in [2.45, 2.75) is 82.3 Å². The second-order valence-corrected chi connectivity index (χ2v) is 6.78. The van der Waals surface area contributed by atoms with Gasteiger partial charge in [0.1, 0.15) is 0 Å². The zero-order valence-electron chi connectivity index (χ0n) is 11.6. The van der Waals surface area contributed by atoms with Gasteiger partial charge in [0.15, 0.2) is 0 Å². The van der Waals surface area contributed by atoms with Crippen LogP contribution in [-0.4, -0.2) is 35.1 Å². The lowest BCUT2D eigenvalue weighted by molar-refractivity contribution is -0.0560. The molecule has 0 aromatic carbocycles. The first kappa shape index (κ1) is 12.0. The van der Waals surface area contributed by atoms with Crippen LogP contribution in [0.2, 0.25) is 0 Å². The lowest BCUT2D eigenvalue weighted by atomic mass is 9.71. The fourth-order valence-electron chi connectivity index (χ4n) is 4.46. The summed E-state index contributed by atoms with van der Waals surface area (Å²) in [6.07, 6.45) is 11.4. The molecule has 2 nitrogen and oxygen atoms in total. The van der Waals surface area contributed by atoms with Crippen LogP contribution >= 0.6 is 0 Å². The standard InChI is InChI=1S/C15H28N2/c1-3-15(9-6-10-15)17-12-14(7-4-5-8-14)16-11-13(17)2/h13,16H,3-12H2,1-2H3. The zero-order valence-corrected chi connectivity index (χ0v) is 11.6. The van der Waals surface area contributed by atoms with Crippen molar-refractivity contribution in [2.75, 3.05) is 13.1 Å². The summed E-state index contributed by atoms with van der Waals surface area (Å²) in [5.41, 5.74) is 1.07. The molecular formula is C15H28N2. The number of hydrogen-bond donors (Lipinski definition) is 1. The smallest absolute Gasteiger partial charge is 0.0309 e. The number of piperazine rings is 1. The van der Waals surface area contributed by atoms with Crippen molar-refractivity contribution >= 4 is 0 Å². The molecule has 1 unspecified atom stereocenters. The van der Waals surface area contributed by atoms with Gasteiger partial charge in [-0.1, -0.05) is 19.8 Å². The molecule has 0 aromatic rings. The van der Waals surface area contributed by atoms with E-state index < -0.39 is 0 Å². The molecule has 3 aliphatic rings. The van der Waals surface area contributed by atoms with Crippen LogP contribution in [0.1, 0.15) is 65.2 Å². The minimum atomic E-state index is 0.490. The Morgan fingerprint density at radius 1 is 1.12 bits per heavy atom. The van der Waals surface area contributed by atoms with Crippen LogP contribution in [0.4, 0.5) is 0 Å². The van der Waals surface area contributed by atoms with Crippen molar-refractivity contribution in [3.8, 4) is 0 Å². The highest BCUT2D eigenvalue weighted by Crippen LogP contribution is 2.45. The first-order valence-corrected chi connectivity index (χ1v) is 7.72. The van der Waals surface area contributed by atoms with Gasteiger partial charge in [0.2, 0.25) is 0 Å². The number of nitrogens with one attached hydrogen (secondary N) is 1. The monoisotopic (exact) mass is 236 g/mol. The maximum atomic E-state index is 3.88. The van der Waals surface area contributed by atoms with E-state index in [1.54, 1.807) is 0 Å². The Bertz CT molecular complexity index is 271. The summed E-state index contributed by atoms with van der Waals surface area (Å²) in [6.45, 7) is 7.35. The molecule has 1 saturated heterocycles. The Hall–Kier alpha value is -0.0800. The van der Waals surface area contributed by atoms with Gasteiger partial charge in [0.05, 0.1) is 0 Å². The third-order valence-corrected chi connectivity index (χ3v) is 5.89. The molecule has 0 amide bonds. The number of nitrogens with zero attached hydrogens (tertiary/aromatic N) is 1. The van der Waals surface area contributed by atoms with Gasteiger partial charge in [-0.25, -0.2) is 0 Å². The molecule has 2 saturated carbocycles. The van der Waals surface area contributed by atoms with Crippen LogP contribution in [0, 0.1) is 0 Å². The topological polar surface area (TPSA) is 15.3 Å². The predicted octanol–water partition coefficient (Wildman–Crippen LogP) is 2.93. The predicted molar refractivity (Wildman–Crippen MR) is 72.2 cm³/mol. The van der Waals surface area contributed by atoms with Gasteiger partial charge in [-0.15, -0.1) is 0 Å². The van der Waals surface area contributed by atoms with E-state index in [0.717, 1.165) is 6.04 Å². The normalized spacial score (nSPS) is 36.0. The van der Waals surface area contributed by atoms with E-state index in [0.29, 0.717) is 11.1 Å². The highest BCUT2D eigenvalue weighted by atomic mass is 15.3. The van der Waals surface area contributed by atoms with E-state index in [4.69, 9.17) is 0 Å². The summed E-state index contributed by atoms with van der Waals surface area (Å²) in [5.74, 6) is 0. The van der Waals surface area contributed by atoms with Crippen molar-refractivity contribution in [2.24, 2.45) is 0 Å². The molecule has 0 radical (unpaired) electrons. The molecule has 2 heteroatoms. The van der Waals surface area contributed by atoms with Crippen LogP contribution < -0.4 is 5.32 Å². The minimum absolute atomic E-state index is 0.490. The van der Waals surface area contributed by atoms with Crippen molar-refractivity contribution in [3.05, 3.63) is 0 Å². The Kier molecular flexibility index (Phi) is 2.99. The van der Waals surface area contributed by atoms with Crippen molar-refractivity contribution in [3.63, 3.8) is 0 Å². The second-order valence-electron chi connectivity index (χ2n) is 6.78. The van der Waals surface area contributed by atoms with Crippen LogP contribution in [0.15, 0.2) is 0 Å². The van der Waals surface area contributed by atoms with E-state index in [9.17, 15) is 0 Å². The van der Waals surface area contributed by atoms with E-state index in [2.05, 4.69) is 24.1 Å². The van der Waals surface area contributed by atoms with Crippen LogP contribution in [0.25, 0.3) is 0 Å². The van der Waals surface area contributed by atoms with Gasteiger partial charge < -0.3 is 5.32 Å². The molecular weight excluding hydrogens is 208 g/mol. The number of rotatable bonds is 2.